The Bertz CT molecular complexity index is 592. The summed E-state index contributed by atoms with van der Waals surface area (Å²) in [5.74, 6) is 0.808. The summed E-state index contributed by atoms with van der Waals surface area (Å²) in [5, 5.41) is 5.86. The minimum atomic E-state index is -0.455. The normalized spacial score (nSPS) is 10.2. The minimum absolute atomic E-state index is 0.347. The number of rotatable bonds is 5. The Labute approximate surface area is 139 Å². The molecular weight excluding hydrogens is 404 g/mol. The SMILES string of the molecule is CCOC(=O)Nc1ccc(NCc2cc(Br)c(Br)o2)cc1. The standard InChI is InChI=1S/C14H14Br2N2O3/c1-2-20-14(19)18-10-5-3-9(4-6-10)17-8-11-7-12(15)13(16)21-11/h3-7,17H,2,8H2,1H3,(H,18,19). The highest BCUT2D eigenvalue weighted by Gasteiger charge is 2.06. The van der Waals surface area contributed by atoms with Gasteiger partial charge in [-0.15, -0.1) is 0 Å². The van der Waals surface area contributed by atoms with Gasteiger partial charge < -0.3 is 14.5 Å². The number of amides is 1. The molecule has 2 N–H and O–H groups in total. The highest BCUT2D eigenvalue weighted by Crippen LogP contribution is 2.27. The molecule has 1 aromatic heterocycles. The van der Waals surface area contributed by atoms with Gasteiger partial charge in [0, 0.05) is 11.4 Å². The molecule has 21 heavy (non-hydrogen) atoms. The number of benzene rings is 1. The summed E-state index contributed by atoms with van der Waals surface area (Å²) in [5.41, 5.74) is 1.61. The molecule has 0 atom stereocenters. The van der Waals surface area contributed by atoms with Crippen LogP contribution in [0.5, 0.6) is 0 Å². The lowest BCUT2D eigenvalue weighted by molar-refractivity contribution is 0.168. The fourth-order valence-electron chi connectivity index (χ4n) is 1.62. The lowest BCUT2D eigenvalue weighted by Crippen LogP contribution is -2.13. The highest BCUT2D eigenvalue weighted by molar-refractivity contribution is 9.13. The molecule has 1 aromatic carbocycles. The third-order valence-corrected chi connectivity index (χ3v) is 4.28. The Hall–Kier alpha value is -1.47. The van der Waals surface area contributed by atoms with Crippen molar-refractivity contribution in [3.05, 3.63) is 45.2 Å². The zero-order valence-corrected chi connectivity index (χ0v) is 14.5. The Morgan fingerprint density at radius 1 is 1.24 bits per heavy atom. The fraction of sp³-hybridized carbons (Fsp3) is 0.214. The summed E-state index contributed by atoms with van der Waals surface area (Å²) in [4.78, 5) is 11.3. The van der Waals surface area contributed by atoms with E-state index in [1.54, 1.807) is 19.1 Å². The molecule has 7 heteroatoms. The molecule has 2 aromatic rings. The quantitative estimate of drug-likeness (QED) is 0.719. The van der Waals surface area contributed by atoms with Crippen LogP contribution in [0.15, 0.2) is 43.9 Å². The number of furan rings is 1. The Morgan fingerprint density at radius 3 is 2.48 bits per heavy atom. The van der Waals surface area contributed by atoms with E-state index in [0.717, 1.165) is 15.9 Å². The Morgan fingerprint density at radius 2 is 1.90 bits per heavy atom. The van der Waals surface area contributed by atoms with Gasteiger partial charge in [-0.2, -0.15) is 0 Å². The summed E-state index contributed by atoms with van der Waals surface area (Å²) in [6.07, 6.45) is -0.455. The maximum absolute atomic E-state index is 11.3. The van der Waals surface area contributed by atoms with Gasteiger partial charge in [0.15, 0.2) is 4.67 Å². The number of carbonyl (C=O) groups excluding carboxylic acids is 1. The van der Waals surface area contributed by atoms with Crippen molar-refractivity contribution in [1.29, 1.82) is 0 Å². The second-order valence-corrected chi connectivity index (χ2v) is 5.69. The van der Waals surface area contributed by atoms with Crippen LogP contribution < -0.4 is 10.6 Å². The van der Waals surface area contributed by atoms with E-state index in [4.69, 9.17) is 9.15 Å². The lowest BCUT2D eigenvalue weighted by Gasteiger charge is -2.07. The first-order chi connectivity index (χ1) is 10.1. The highest BCUT2D eigenvalue weighted by atomic mass is 79.9. The van der Waals surface area contributed by atoms with E-state index < -0.39 is 6.09 Å². The van der Waals surface area contributed by atoms with E-state index in [-0.39, 0.29) is 0 Å². The minimum Gasteiger partial charge on any atom is -0.451 e. The predicted octanol–water partition coefficient (Wildman–Crippen LogP) is 4.99. The van der Waals surface area contributed by atoms with E-state index in [1.807, 2.05) is 18.2 Å². The van der Waals surface area contributed by atoms with Crippen LogP contribution in [0.4, 0.5) is 16.2 Å². The molecule has 2 rings (SSSR count). The van der Waals surface area contributed by atoms with Crippen LogP contribution in [0.2, 0.25) is 0 Å². The Kier molecular flexibility index (Phi) is 5.69. The van der Waals surface area contributed by atoms with Crippen molar-refractivity contribution in [2.75, 3.05) is 17.2 Å². The van der Waals surface area contributed by atoms with Crippen molar-refractivity contribution in [2.24, 2.45) is 0 Å². The molecule has 0 aliphatic rings. The van der Waals surface area contributed by atoms with E-state index >= 15 is 0 Å². The molecule has 0 spiro atoms. The third-order valence-electron chi connectivity index (χ3n) is 2.57. The predicted molar refractivity (Wildman–Crippen MR) is 88.5 cm³/mol. The third kappa shape index (κ3) is 4.78. The number of carbonyl (C=O) groups is 1. The summed E-state index contributed by atoms with van der Waals surface area (Å²) in [7, 11) is 0. The molecule has 0 aliphatic heterocycles. The van der Waals surface area contributed by atoms with Gasteiger partial charge in [-0.05, 0) is 69.1 Å². The van der Waals surface area contributed by atoms with Crippen molar-refractivity contribution in [3.63, 3.8) is 0 Å². The molecule has 112 valence electrons. The molecule has 0 fully saturated rings. The number of anilines is 2. The molecule has 0 aliphatic carbocycles. The van der Waals surface area contributed by atoms with Crippen LogP contribution in [0.3, 0.4) is 0 Å². The van der Waals surface area contributed by atoms with E-state index in [9.17, 15) is 4.79 Å². The van der Waals surface area contributed by atoms with Crippen LogP contribution in [-0.2, 0) is 11.3 Å². The molecule has 0 saturated heterocycles. The second-order valence-electron chi connectivity index (χ2n) is 4.11. The van der Waals surface area contributed by atoms with Crippen LogP contribution in [0, 0.1) is 0 Å². The van der Waals surface area contributed by atoms with Gasteiger partial charge in [-0.25, -0.2) is 4.79 Å². The molecule has 0 radical (unpaired) electrons. The summed E-state index contributed by atoms with van der Waals surface area (Å²) in [6, 6.07) is 9.23. The average Bonchev–Trinajstić information content (AvgIpc) is 2.77. The molecule has 1 heterocycles. The molecule has 0 bridgehead atoms. The molecular formula is C14H14Br2N2O3. The van der Waals surface area contributed by atoms with Crippen LogP contribution in [0.1, 0.15) is 12.7 Å². The fourth-order valence-corrected chi connectivity index (χ4v) is 2.28. The maximum Gasteiger partial charge on any atom is 0.411 e. The van der Waals surface area contributed by atoms with Crippen LogP contribution in [-0.4, -0.2) is 12.7 Å². The van der Waals surface area contributed by atoms with Crippen LogP contribution >= 0.6 is 31.9 Å². The summed E-state index contributed by atoms with van der Waals surface area (Å²) < 4.78 is 11.8. The van der Waals surface area contributed by atoms with Crippen molar-refractivity contribution >= 4 is 49.3 Å². The number of nitrogens with one attached hydrogen (secondary N) is 2. The van der Waals surface area contributed by atoms with Gasteiger partial charge in [0.25, 0.3) is 0 Å². The first kappa shape index (κ1) is 15.9. The zero-order chi connectivity index (χ0) is 15.2. The van der Waals surface area contributed by atoms with Crippen molar-refractivity contribution < 1.29 is 13.9 Å². The van der Waals surface area contributed by atoms with Gasteiger partial charge in [-0.3, -0.25) is 5.32 Å². The average molecular weight is 418 g/mol. The van der Waals surface area contributed by atoms with Crippen molar-refractivity contribution in [2.45, 2.75) is 13.5 Å². The Balaban J connectivity index is 1.88. The van der Waals surface area contributed by atoms with Crippen molar-refractivity contribution in [3.8, 4) is 0 Å². The molecule has 5 nitrogen and oxygen atoms in total. The lowest BCUT2D eigenvalue weighted by atomic mass is 10.2. The maximum atomic E-state index is 11.3. The van der Waals surface area contributed by atoms with Crippen molar-refractivity contribution in [1.82, 2.24) is 0 Å². The number of halogens is 2. The largest absolute Gasteiger partial charge is 0.451 e. The zero-order valence-electron chi connectivity index (χ0n) is 11.3. The first-order valence-electron chi connectivity index (χ1n) is 6.30. The second kappa shape index (κ2) is 7.51. The van der Waals surface area contributed by atoms with Gasteiger partial charge in [0.05, 0.1) is 17.6 Å². The monoisotopic (exact) mass is 416 g/mol. The van der Waals surface area contributed by atoms with Gasteiger partial charge in [0.2, 0.25) is 0 Å². The van der Waals surface area contributed by atoms with Gasteiger partial charge in [0.1, 0.15) is 5.76 Å². The van der Waals surface area contributed by atoms with E-state index in [2.05, 4.69) is 42.5 Å². The number of ether oxygens (including phenoxy) is 1. The van der Waals surface area contributed by atoms with Crippen LogP contribution in [0.25, 0.3) is 0 Å². The van der Waals surface area contributed by atoms with E-state index in [1.165, 1.54) is 0 Å². The first-order valence-corrected chi connectivity index (χ1v) is 7.88. The summed E-state index contributed by atoms with van der Waals surface area (Å²) >= 11 is 6.66. The van der Waals surface area contributed by atoms with Gasteiger partial charge >= 0.3 is 6.09 Å². The molecule has 1 amide bonds. The number of hydrogen-bond acceptors (Lipinski definition) is 4. The molecule has 0 saturated carbocycles. The van der Waals surface area contributed by atoms with Gasteiger partial charge in [-0.1, -0.05) is 0 Å². The topological polar surface area (TPSA) is 63.5 Å². The number of hydrogen-bond donors (Lipinski definition) is 2. The van der Waals surface area contributed by atoms with E-state index in [0.29, 0.717) is 23.5 Å². The summed E-state index contributed by atoms with van der Waals surface area (Å²) in [6.45, 7) is 2.67. The smallest absolute Gasteiger partial charge is 0.411 e. The molecule has 0 unspecified atom stereocenters.